The molecule has 4 heteroatoms. The molecule has 0 saturated heterocycles. The second-order valence-electron chi connectivity index (χ2n) is 4.39. The van der Waals surface area contributed by atoms with E-state index in [1.807, 2.05) is 26.8 Å². The smallest absolute Gasteiger partial charge is 0.328 e. The Labute approximate surface area is 106 Å². The van der Waals surface area contributed by atoms with Gasteiger partial charge in [0, 0.05) is 17.7 Å². The summed E-state index contributed by atoms with van der Waals surface area (Å²) in [6.45, 7) is 5.52. The summed E-state index contributed by atoms with van der Waals surface area (Å²) in [5, 5.41) is 11.4. The van der Waals surface area contributed by atoms with Crippen LogP contribution in [0.1, 0.15) is 25.0 Å². The van der Waals surface area contributed by atoms with Gasteiger partial charge in [-0.1, -0.05) is 19.9 Å². The predicted octanol–water partition coefficient (Wildman–Crippen LogP) is 2.69. The van der Waals surface area contributed by atoms with Crippen LogP contribution in [0.2, 0.25) is 0 Å². The monoisotopic (exact) mass is 247 g/mol. The van der Waals surface area contributed by atoms with E-state index in [1.54, 1.807) is 12.1 Å². The largest absolute Gasteiger partial charge is 0.478 e. The lowest BCUT2D eigenvalue weighted by Crippen LogP contribution is -2.17. The van der Waals surface area contributed by atoms with Crippen molar-refractivity contribution in [3.05, 3.63) is 35.4 Å². The van der Waals surface area contributed by atoms with Crippen molar-refractivity contribution in [3.63, 3.8) is 0 Å². The molecular weight excluding hydrogens is 230 g/mol. The summed E-state index contributed by atoms with van der Waals surface area (Å²) in [6, 6.07) is 5.36. The molecular formula is C14H17NO3. The molecule has 2 N–H and O–H groups in total. The maximum absolute atomic E-state index is 11.5. The van der Waals surface area contributed by atoms with Gasteiger partial charge in [0.15, 0.2) is 0 Å². The molecule has 0 aliphatic rings. The highest BCUT2D eigenvalue weighted by Crippen LogP contribution is 2.17. The van der Waals surface area contributed by atoms with E-state index in [-0.39, 0.29) is 11.8 Å². The molecule has 0 unspecified atom stereocenters. The van der Waals surface area contributed by atoms with Crippen LogP contribution < -0.4 is 5.32 Å². The Bertz CT molecular complexity index is 490. The number of hydrogen-bond donors (Lipinski definition) is 2. The predicted molar refractivity (Wildman–Crippen MR) is 71.3 cm³/mol. The number of rotatable bonds is 4. The van der Waals surface area contributed by atoms with E-state index in [0.717, 1.165) is 22.9 Å². The van der Waals surface area contributed by atoms with Gasteiger partial charge in [0.1, 0.15) is 0 Å². The molecule has 96 valence electrons. The van der Waals surface area contributed by atoms with Crippen LogP contribution >= 0.6 is 0 Å². The Morgan fingerprint density at radius 1 is 1.33 bits per heavy atom. The summed E-state index contributed by atoms with van der Waals surface area (Å²) < 4.78 is 0. The van der Waals surface area contributed by atoms with Crippen LogP contribution in [0.3, 0.4) is 0 Å². The standard InChI is InChI=1S/C14H17NO3/c1-9(2)14(18)15-12-6-4-11(10(3)8-12)5-7-13(16)17/h4-9H,1-3H3,(H,15,18)(H,16,17)/b7-5+. The number of hydrogen-bond acceptors (Lipinski definition) is 2. The lowest BCUT2D eigenvalue weighted by atomic mass is 10.1. The van der Waals surface area contributed by atoms with Crippen LogP contribution in [0, 0.1) is 12.8 Å². The van der Waals surface area contributed by atoms with E-state index < -0.39 is 5.97 Å². The summed E-state index contributed by atoms with van der Waals surface area (Å²) in [7, 11) is 0. The van der Waals surface area contributed by atoms with Crippen molar-refractivity contribution >= 4 is 23.6 Å². The third-order valence-corrected chi connectivity index (χ3v) is 2.47. The van der Waals surface area contributed by atoms with Crippen molar-refractivity contribution in [2.75, 3.05) is 5.32 Å². The third-order valence-electron chi connectivity index (χ3n) is 2.47. The zero-order valence-electron chi connectivity index (χ0n) is 10.7. The van der Waals surface area contributed by atoms with Gasteiger partial charge in [-0.3, -0.25) is 4.79 Å². The first-order valence-electron chi connectivity index (χ1n) is 5.72. The summed E-state index contributed by atoms with van der Waals surface area (Å²) in [6.07, 6.45) is 2.63. The summed E-state index contributed by atoms with van der Waals surface area (Å²) in [5.41, 5.74) is 2.45. The molecule has 1 aromatic carbocycles. The normalized spacial score (nSPS) is 10.9. The average molecular weight is 247 g/mol. The van der Waals surface area contributed by atoms with Gasteiger partial charge in [-0.25, -0.2) is 4.79 Å². The molecule has 0 radical (unpaired) electrons. The van der Waals surface area contributed by atoms with E-state index in [4.69, 9.17) is 5.11 Å². The molecule has 1 aromatic rings. The molecule has 0 atom stereocenters. The van der Waals surface area contributed by atoms with Crippen LogP contribution in [0.25, 0.3) is 6.08 Å². The Morgan fingerprint density at radius 2 is 2.00 bits per heavy atom. The maximum Gasteiger partial charge on any atom is 0.328 e. The number of aliphatic carboxylic acids is 1. The average Bonchev–Trinajstić information content (AvgIpc) is 2.27. The van der Waals surface area contributed by atoms with Crippen molar-refractivity contribution in [2.24, 2.45) is 5.92 Å². The second kappa shape index (κ2) is 6.00. The van der Waals surface area contributed by atoms with Crippen LogP contribution in [0.5, 0.6) is 0 Å². The fourth-order valence-electron chi connectivity index (χ4n) is 1.39. The number of nitrogens with one attached hydrogen (secondary N) is 1. The SMILES string of the molecule is Cc1cc(NC(=O)C(C)C)ccc1/C=C/C(=O)O. The quantitative estimate of drug-likeness (QED) is 0.804. The first-order valence-corrected chi connectivity index (χ1v) is 5.72. The summed E-state index contributed by atoms with van der Waals surface area (Å²) >= 11 is 0. The van der Waals surface area contributed by atoms with Crippen LogP contribution in [-0.4, -0.2) is 17.0 Å². The van der Waals surface area contributed by atoms with Crippen LogP contribution in [0.15, 0.2) is 24.3 Å². The molecule has 4 nitrogen and oxygen atoms in total. The molecule has 0 aliphatic carbocycles. The minimum Gasteiger partial charge on any atom is -0.478 e. The van der Waals surface area contributed by atoms with Gasteiger partial charge in [-0.2, -0.15) is 0 Å². The molecule has 0 fully saturated rings. The zero-order valence-corrected chi connectivity index (χ0v) is 10.7. The minimum absolute atomic E-state index is 0.0387. The summed E-state index contributed by atoms with van der Waals surface area (Å²) in [5.74, 6) is -1.09. The molecule has 1 amide bonds. The molecule has 0 spiro atoms. The molecule has 0 aromatic heterocycles. The van der Waals surface area contributed by atoms with E-state index in [0.29, 0.717) is 0 Å². The first kappa shape index (κ1) is 14.0. The summed E-state index contributed by atoms with van der Waals surface area (Å²) in [4.78, 5) is 21.9. The van der Waals surface area contributed by atoms with Crippen LogP contribution in [0.4, 0.5) is 5.69 Å². The molecule has 0 bridgehead atoms. The number of benzene rings is 1. The number of carboxylic acids is 1. The fraction of sp³-hybridized carbons (Fsp3) is 0.286. The Hall–Kier alpha value is -2.10. The topological polar surface area (TPSA) is 66.4 Å². The maximum atomic E-state index is 11.5. The number of aryl methyl sites for hydroxylation is 1. The van der Waals surface area contributed by atoms with Gasteiger partial charge in [-0.15, -0.1) is 0 Å². The fourth-order valence-corrected chi connectivity index (χ4v) is 1.39. The molecule has 1 rings (SSSR count). The first-order chi connectivity index (χ1) is 8.40. The zero-order chi connectivity index (χ0) is 13.7. The van der Waals surface area contributed by atoms with Gasteiger partial charge >= 0.3 is 5.97 Å². The molecule has 0 heterocycles. The van der Waals surface area contributed by atoms with E-state index in [9.17, 15) is 9.59 Å². The van der Waals surface area contributed by atoms with Gasteiger partial charge in [0.05, 0.1) is 0 Å². The van der Waals surface area contributed by atoms with Crippen molar-refractivity contribution < 1.29 is 14.7 Å². The Balaban J connectivity index is 2.86. The Kier molecular flexibility index (Phi) is 4.66. The highest BCUT2D eigenvalue weighted by Gasteiger charge is 2.07. The number of carbonyl (C=O) groups is 2. The van der Waals surface area contributed by atoms with E-state index >= 15 is 0 Å². The molecule has 0 aliphatic heterocycles. The van der Waals surface area contributed by atoms with Crippen molar-refractivity contribution in [1.29, 1.82) is 0 Å². The van der Waals surface area contributed by atoms with Crippen LogP contribution in [-0.2, 0) is 9.59 Å². The second-order valence-corrected chi connectivity index (χ2v) is 4.39. The van der Waals surface area contributed by atoms with Gasteiger partial charge < -0.3 is 10.4 Å². The highest BCUT2D eigenvalue weighted by atomic mass is 16.4. The number of amides is 1. The molecule has 18 heavy (non-hydrogen) atoms. The number of carboxylic acid groups (broad SMARTS) is 1. The number of carbonyl (C=O) groups excluding carboxylic acids is 1. The number of anilines is 1. The van der Waals surface area contributed by atoms with Gasteiger partial charge in [0.25, 0.3) is 0 Å². The van der Waals surface area contributed by atoms with Crippen molar-refractivity contribution in [1.82, 2.24) is 0 Å². The highest BCUT2D eigenvalue weighted by molar-refractivity contribution is 5.92. The Morgan fingerprint density at radius 3 is 2.50 bits per heavy atom. The lowest BCUT2D eigenvalue weighted by Gasteiger charge is -2.09. The third kappa shape index (κ3) is 4.05. The van der Waals surface area contributed by atoms with Crippen molar-refractivity contribution in [2.45, 2.75) is 20.8 Å². The minimum atomic E-state index is -0.980. The molecule has 0 saturated carbocycles. The van der Waals surface area contributed by atoms with E-state index in [1.165, 1.54) is 6.08 Å². The van der Waals surface area contributed by atoms with Gasteiger partial charge in [0.2, 0.25) is 5.91 Å². The van der Waals surface area contributed by atoms with E-state index in [2.05, 4.69) is 5.32 Å². The van der Waals surface area contributed by atoms with Gasteiger partial charge in [-0.05, 0) is 36.3 Å². The lowest BCUT2D eigenvalue weighted by molar-refractivity contribution is -0.131. The van der Waals surface area contributed by atoms with Crippen molar-refractivity contribution in [3.8, 4) is 0 Å².